The average molecular weight is 267 g/mol. The molecule has 0 amide bonds. The van der Waals surface area contributed by atoms with Crippen LogP contribution in [0.2, 0.25) is 0 Å². The number of rotatable bonds is 3. The van der Waals surface area contributed by atoms with Crippen LogP contribution in [0.4, 0.5) is 5.69 Å². The zero-order valence-electron chi connectivity index (χ0n) is 12.0. The molecule has 0 bridgehead atoms. The molecule has 20 heavy (non-hydrogen) atoms. The van der Waals surface area contributed by atoms with Crippen LogP contribution in [0.15, 0.2) is 36.5 Å². The van der Waals surface area contributed by atoms with Crippen LogP contribution in [0.1, 0.15) is 43.7 Å². The van der Waals surface area contributed by atoms with E-state index in [0.717, 1.165) is 17.1 Å². The van der Waals surface area contributed by atoms with E-state index < -0.39 is 0 Å². The summed E-state index contributed by atoms with van der Waals surface area (Å²) in [5, 5.41) is 3.16. The lowest BCUT2D eigenvalue weighted by Crippen LogP contribution is -2.07. The van der Waals surface area contributed by atoms with E-state index in [1.54, 1.807) is 0 Å². The molecule has 3 nitrogen and oxygen atoms in total. The van der Waals surface area contributed by atoms with Crippen LogP contribution in [-0.4, -0.2) is 17.0 Å². The third-order valence-electron chi connectivity index (χ3n) is 4.11. The molecular weight excluding hydrogens is 246 g/mol. The zero-order chi connectivity index (χ0) is 13.8. The Hall–Kier alpha value is -1.90. The Labute approximate surface area is 120 Å². The van der Waals surface area contributed by atoms with Crippen molar-refractivity contribution in [3.05, 3.63) is 42.2 Å². The minimum atomic E-state index is 0.623. The SMILES string of the molecule is CNc1cccc(-c2nccc(C3CCCCC3)n2)c1. The van der Waals surface area contributed by atoms with Gasteiger partial charge in [-0.1, -0.05) is 31.4 Å². The first kappa shape index (κ1) is 13.1. The predicted octanol–water partition coefficient (Wildman–Crippen LogP) is 4.23. The van der Waals surface area contributed by atoms with Gasteiger partial charge >= 0.3 is 0 Å². The summed E-state index contributed by atoms with van der Waals surface area (Å²) in [7, 11) is 1.93. The molecule has 1 aromatic heterocycles. The van der Waals surface area contributed by atoms with Gasteiger partial charge in [-0.3, -0.25) is 0 Å². The Kier molecular flexibility index (Phi) is 3.95. The summed E-state index contributed by atoms with van der Waals surface area (Å²) in [5.41, 5.74) is 3.38. The highest BCUT2D eigenvalue weighted by Gasteiger charge is 2.17. The van der Waals surface area contributed by atoms with Crippen molar-refractivity contribution in [2.45, 2.75) is 38.0 Å². The lowest BCUT2D eigenvalue weighted by atomic mass is 9.87. The second kappa shape index (κ2) is 6.04. The Balaban J connectivity index is 1.89. The molecule has 0 saturated heterocycles. The molecule has 0 unspecified atom stereocenters. The van der Waals surface area contributed by atoms with E-state index in [0.29, 0.717) is 5.92 Å². The van der Waals surface area contributed by atoms with E-state index in [9.17, 15) is 0 Å². The van der Waals surface area contributed by atoms with Crippen molar-refractivity contribution >= 4 is 5.69 Å². The van der Waals surface area contributed by atoms with Crippen molar-refractivity contribution in [3.63, 3.8) is 0 Å². The molecule has 1 aromatic carbocycles. The van der Waals surface area contributed by atoms with Gasteiger partial charge in [0.2, 0.25) is 0 Å². The van der Waals surface area contributed by atoms with E-state index in [4.69, 9.17) is 4.98 Å². The molecule has 1 heterocycles. The number of benzene rings is 1. The number of anilines is 1. The van der Waals surface area contributed by atoms with Crippen LogP contribution in [0.25, 0.3) is 11.4 Å². The fraction of sp³-hybridized carbons (Fsp3) is 0.412. The smallest absolute Gasteiger partial charge is 0.159 e. The maximum Gasteiger partial charge on any atom is 0.159 e. The molecule has 0 radical (unpaired) electrons. The summed E-state index contributed by atoms with van der Waals surface area (Å²) in [6.07, 6.45) is 8.48. The summed E-state index contributed by atoms with van der Waals surface area (Å²) < 4.78 is 0. The molecule has 1 N–H and O–H groups in total. The van der Waals surface area contributed by atoms with Gasteiger partial charge in [-0.25, -0.2) is 9.97 Å². The Morgan fingerprint density at radius 3 is 2.75 bits per heavy atom. The second-order valence-corrected chi connectivity index (χ2v) is 5.47. The van der Waals surface area contributed by atoms with E-state index in [1.165, 1.54) is 37.8 Å². The van der Waals surface area contributed by atoms with E-state index in [1.807, 2.05) is 19.3 Å². The van der Waals surface area contributed by atoms with E-state index in [-0.39, 0.29) is 0 Å². The number of nitrogens with zero attached hydrogens (tertiary/aromatic N) is 2. The minimum absolute atomic E-state index is 0.623. The van der Waals surface area contributed by atoms with Gasteiger partial charge in [-0.2, -0.15) is 0 Å². The first-order chi connectivity index (χ1) is 9.86. The Morgan fingerprint density at radius 2 is 1.95 bits per heavy atom. The van der Waals surface area contributed by atoms with Crippen molar-refractivity contribution < 1.29 is 0 Å². The highest BCUT2D eigenvalue weighted by atomic mass is 14.9. The van der Waals surface area contributed by atoms with Crippen molar-refractivity contribution in [2.75, 3.05) is 12.4 Å². The van der Waals surface area contributed by atoms with Gasteiger partial charge in [0.25, 0.3) is 0 Å². The van der Waals surface area contributed by atoms with Crippen molar-refractivity contribution in [3.8, 4) is 11.4 Å². The van der Waals surface area contributed by atoms with E-state index in [2.05, 4.69) is 34.6 Å². The molecule has 1 saturated carbocycles. The van der Waals surface area contributed by atoms with Crippen LogP contribution in [0, 0.1) is 0 Å². The lowest BCUT2D eigenvalue weighted by molar-refractivity contribution is 0.436. The van der Waals surface area contributed by atoms with Gasteiger partial charge in [-0.05, 0) is 31.0 Å². The monoisotopic (exact) mass is 267 g/mol. The first-order valence-electron chi connectivity index (χ1n) is 7.48. The fourth-order valence-electron chi connectivity index (χ4n) is 2.95. The normalized spacial score (nSPS) is 16.1. The molecule has 0 atom stereocenters. The second-order valence-electron chi connectivity index (χ2n) is 5.47. The summed E-state index contributed by atoms with van der Waals surface area (Å²) in [6.45, 7) is 0. The number of nitrogens with one attached hydrogen (secondary N) is 1. The van der Waals surface area contributed by atoms with Gasteiger partial charge in [0.1, 0.15) is 0 Å². The molecule has 1 aliphatic carbocycles. The lowest BCUT2D eigenvalue weighted by Gasteiger charge is -2.21. The largest absolute Gasteiger partial charge is 0.388 e. The molecule has 3 heteroatoms. The van der Waals surface area contributed by atoms with Gasteiger partial charge in [0.05, 0.1) is 0 Å². The standard InChI is InChI=1S/C17H21N3/c1-18-15-9-5-8-14(12-15)17-19-11-10-16(20-17)13-6-3-2-4-7-13/h5,8-13,18H,2-4,6-7H2,1H3. The third-order valence-corrected chi connectivity index (χ3v) is 4.11. The quantitative estimate of drug-likeness (QED) is 0.904. The maximum atomic E-state index is 4.80. The fourth-order valence-corrected chi connectivity index (χ4v) is 2.95. The van der Waals surface area contributed by atoms with Crippen LogP contribution >= 0.6 is 0 Å². The topological polar surface area (TPSA) is 37.8 Å². The molecule has 0 spiro atoms. The van der Waals surface area contributed by atoms with Gasteiger partial charge < -0.3 is 5.32 Å². The van der Waals surface area contributed by atoms with Crippen LogP contribution in [0.3, 0.4) is 0 Å². The molecule has 3 rings (SSSR count). The van der Waals surface area contributed by atoms with Crippen molar-refractivity contribution in [2.24, 2.45) is 0 Å². The molecule has 2 aromatic rings. The molecule has 1 fully saturated rings. The van der Waals surface area contributed by atoms with Crippen LogP contribution < -0.4 is 5.32 Å². The predicted molar refractivity (Wildman–Crippen MR) is 82.8 cm³/mol. The number of aromatic nitrogens is 2. The zero-order valence-corrected chi connectivity index (χ0v) is 12.0. The summed E-state index contributed by atoms with van der Waals surface area (Å²) in [5.74, 6) is 1.46. The van der Waals surface area contributed by atoms with Gasteiger partial charge in [0, 0.05) is 36.1 Å². The maximum absolute atomic E-state index is 4.80. The van der Waals surface area contributed by atoms with Crippen LogP contribution in [0.5, 0.6) is 0 Å². The van der Waals surface area contributed by atoms with Crippen molar-refractivity contribution in [1.29, 1.82) is 0 Å². The van der Waals surface area contributed by atoms with E-state index >= 15 is 0 Å². The summed E-state index contributed by atoms with van der Waals surface area (Å²) >= 11 is 0. The molecular formula is C17H21N3. The third kappa shape index (κ3) is 2.82. The van der Waals surface area contributed by atoms with Crippen molar-refractivity contribution in [1.82, 2.24) is 9.97 Å². The Bertz CT molecular complexity index is 574. The highest BCUT2D eigenvalue weighted by molar-refractivity contribution is 5.62. The summed E-state index contributed by atoms with van der Waals surface area (Å²) in [6, 6.07) is 10.3. The number of hydrogen-bond donors (Lipinski definition) is 1. The van der Waals surface area contributed by atoms with Gasteiger partial charge in [-0.15, -0.1) is 0 Å². The summed E-state index contributed by atoms with van der Waals surface area (Å²) in [4.78, 5) is 9.24. The average Bonchev–Trinajstić information content (AvgIpc) is 2.56. The number of hydrogen-bond acceptors (Lipinski definition) is 3. The molecule has 1 aliphatic rings. The van der Waals surface area contributed by atoms with Gasteiger partial charge in [0.15, 0.2) is 5.82 Å². The molecule has 104 valence electrons. The molecule has 0 aliphatic heterocycles. The first-order valence-corrected chi connectivity index (χ1v) is 7.48. The highest BCUT2D eigenvalue weighted by Crippen LogP contribution is 2.32. The van der Waals surface area contributed by atoms with Crippen LogP contribution in [-0.2, 0) is 0 Å². The minimum Gasteiger partial charge on any atom is -0.388 e. The Morgan fingerprint density at radius 1 is 1.10 bits per heavy atom.